The van der Waals surface area contributed by atoms with E-state index in [4.69, 9.17) is 9.84 Å². The molecule has 114 valence electrons. The third-order valence-corrected chi connectivity index (χ3v) is 3.42. The third kappa shape index (κ3) is 3.52. The maximum absolute atomic E-state index is 13.4. The Balaban J connectivity index is 2.15. The van der Waals surface area contributed by atoms with Crippen LogP contribution in [0.5, 0.6) is 5.75 Å². The summed E-state index contributed by atoms with van der Waals surface area (Å²) in [6.45, 7) is 4.94. The maximum atomic E-state index is 13.4. The molecular formula is C15H20FN3O2. The Kier molecular flexibility index (Phi) is 4.80. The zero-order valence-corrected chi connectivity index (χ0v) is 12.5. The van der Waals surface area contributed by atoms with Gasteiger partial charge in [-0.2, -0.15) is 5.10 Å². The summed E-state index contributed by atoms with van der Waals surface area (Å²) in [7, 11) is 1.51. The van der Waals surface area contributed by atoms with Gasteiger partial charge in [-0.3, -0.25) is 4.68 Å². The Labute approximate surface area is 123 Å². The van der Waals surface area contributed by atoms with E-state index in [9.17, 15) is 4.39 Å². The molecule has 0 bridgehead atoms. The Morgan fingerprint density at radius 1 is 1.33 bits per heavy atom. The summed E-state index contributed by atoms with van der Waals surface area (Å²) in [4.78, 5) is 0. The number of aliphatic hydroxyl groups is 1. The van der Waals surface area contributed by atoms with Crippen LogP contribution in [0.3, 0.4) is 0 Å². The minimum Gasteiger partial charge on any atom is -0.497 e. The Morgan fingerprint density at radius 2 is 2.10 bits per heavy atom. The zero-order chi connectivity index (χ0) is 15.4. The van der Waals surface area contributed by atoms with E-state index in [1.165, 1.54) is 19.2 Å². The van der Waals surface area contributed by atoms with Crippen LogP contribution < -0.4 is 10.1 Å². The molecule has 0 aliphatic heterocycles. The molecule has 0 spiro atoms. The number of hydrogen-bond donors (Lipinski definition) is 2. The molecule has 2 N–H and O–H groups in total. The summed E-state index contributed by atoms with van der Waals surface area (Å²) < 4.78 is 20.3. The van der Waals surface area contributed by atoms with Gasteiger partial charge in [-0.15, -0.1) is 0 Å². The van der Waals surface area contributed by atoms with Gasteiger partial charge in [0.05, 0.1) is 26.0 Å². The first-order chi connectivity index (χ1) is 10.0. The fraction of sp³-hybridized carbons (Fsp3) is 0.400. The van der Waals surface area contributed by atoms with Gasteiger partial charge in [0.25, 0.3) is 0 Å². The van der Waals surface area contributed by atoms with Crippen molar-refractivity contribution in [1.82, 2.24) is 9.78 Å². The molecule has 0 fully saturated rings. The number of aryl methyl sites for hydroxylation is 1. The number of rotatable bonds is 6. The number of aromatic nitrogens is 2. The Hall–Kier alpha value is -2.08. The fourth-order valence-electron chi connectivity index (χ4n) is 2.28. The van der Waals surface area contributed by atoms with E-state index in [0.29, 0.717) is 24.5 Å². The number of methoxy groups -OCH3 is 1. The van der Waals surface area contributed by atoms with Gasteiger partial charge in [0.1, 0.15) is 11.6 Å². The van der Waals surface area contributed by atoms with Crippen LogP contribution in [0, 0.1) is 19.7 Å². The summed E-state index contributed by atoms with van der Waals surface area (Å²) in [6.07, 6.45) is 0. The molecule has 1 heterocycles. The molecular weight excluding hydrogens is 273 g/mol. The molecule has 0 unspecified atom stereocenters. The van der Waals surface area contributed by atoms with Gasteiger partial charge in [-0.05, 0) is 19.9 Å². The molecule has 2 aromatic rings. The SMILES string of the molecule is COc1cc(F)cc(NCc2c(C)nn(CCO)c2C)c1. The van der Waals surface area contributed by atoms with Crippen molar-refractivity contribution in [2.45, 2.75) is 26.9 Å². The monoisotopic (exact) mass is 293 g/mol. The third-order valence-electron chi connectivity index (χ3n) is 3.42. The lowest BCUT2D eigenvalue weighted by Crippen LogP contribution is -2.07. The number of aliphatic hydroxyl groups excluding tert-OH is 1. The van der Waals surface area contributed by atoms with E-state index in [0.717, 1.165) is 17.0 Å². The van der Waals surface area contributed by atoms with Crippen molar-refractivity contribution in [3.05, 3.63) is 41.0 Å². The average Bonchev–Trinajstić information content (AvgIpc) is 2.71. The van der Waals surface area contributed by atoms with Crippen molar-refractivity contribution in [3.8, 4) is 5.75 Å². The molecule has 0 atom stereocenters. The van der Waals surface area contributed by atoms with Gasteiger partial charge in [0.15, 0.2) is 0 Å². The largest absolute Gasteiger partial charge is 0.497 e. The number of halogens is 1. The Bertz CT molecular complexity index is 626. The van der Waals surface area contributed by atoms with Gasteiger partial charge in [0, 0.05) is 35.6 Å². The molecule has 0 radical (unpaired) electrons. The molecule has 1 aromatic heterocycles. The first kappa shape index (κ1) is 15.3. The highest BCUT2D eigenvalue weighted by atomic mass is 19.1. The molecule has 21 heavy (non-hydrogen) atoms. The van der Waals surface area contributed by atoms with Crippen LogP contribution in [0.15, 0.2) is 18.2 Å². The van der Waals surface area contributed by atoms with Crippen molar-refractivity contribution in [2.75, 3.05) is 19.0 Å². The Morgan fingerprint density at radius 3 is 2.76 bits per heavy atom. The van der Waals surface area contributed by atoms with Gasteiger partial charge in [-0.25, -0.2) is 4.39 Å². The molecule has 5 nitrogen and oxygen atoms in total. The molecule has 6 heteroatoms. The van der Waals surface area contributed by atoms with Gasteiger partial charge in [-0.1, -0.05) is 0 Å². The first-order valence-electron chi connectivity index (χ1n) is 6.77. The number of ether oxygens (including phenoxy) is 1. The molecule has 0 aliphatic rings. The van der Waals surface area contributed by atoms with Crippen molar-refractivity contribution in [2.24, 2.45) is 0 Å². The van der Waals surface area contributed by atoms with Crippen molar-refractivity contribution in [3.63, 3.8) is 0 Å². The lowest BCUT2D eigenvalue weighted by atomic mass is 10.2. The number of nitrogens with one attached hydrogen (secondary N) is 1. The van der Waals surface area contributed by atoms with E-state index in [-0.39, 0.29) is 12.4 Å². The standard InChI is InChI=1S/C15H20FN3O2/c1-10-15(11(2)19(18-10)4-5-20)9-17-13-6-12(16)7-14(8-13)21-3/h6-8,17,20H,4-5,9H2,1-3H3. The van der Waals surface area contributed by atoms with Crippen LogP contribution in [0.1, 0.15) is 17.0 Å². The van der Waals surface area contributed by atoms with Crippen molar-refractivity contribution in [1.29, 1.82) is 0 Å². The summed E-state index contributed by atoms with van der Waals surface area (Å²) in [6, 6.07) is 4.50. The van der Waals surface area contributed by atoms with E-state index in [2.05, 4.69) is 10.4 Å². The molecule has 2 rings (SSSR count). The number of benzene rings is 1. The van der Waals surface area contributed by atoms with Crippen LogP contribution in [-0.2, 0) is 13.1 Å². The van der Waals surface area contributed by atoms with E-state index in [1.54, 1.807) is 10.7 Å². The predicted octanol–water partition coefficient (Wildman–Crippen LogP) is 2.25. The van der Waals surface area contributed by atoms with Crippen LogP contribution in [0.2, 0.25) is 0 Å². The second-order valence-electron chi connectivity index (χ2n) is 4.83. The lowest BCUT2D eigenvalue weighted by molar-refractivity contribution is 0.268. The van der Waals surface area contributed by atoms with E-state index >= 15 is 0 Å². The van der Waals surface area contributed by atoms with Gasteiger partial charge in [0.2, 0.25) is 0 Å². The van der Waals surface area contributed by atoms with E-state index in [1.807, 2.05) is 13.8 Å². The van der Waals surface area contributed by atoms with E-state index < -0.39 is 0 Å². The first-order valence-corrected chi connectivity index (χ1v) is 6.77. The summed E-state index contributed by atoms with van der Waals surface area (Å²) in [5, 5.41) is 16.6. The summed E-state index contributed by atoms with van der Waals surface area (Å²) in [5.41, 5.74) is 3.60. The quantitative estimate of drug-likeness (QED) is 0.857. The number of anilines is 1. The van der Waals surface area contributed by atoms with Gasteiger partial charge >= 0.3 is 0 Å². The lowest BCUT2D eigenvalue weighted by Gasteiger charge is -2.09. The van der Waals surface area contributed by atoms with Crippen molar-refractivity contribution >= 4 is 5.69 Å². The second-order valence-corrected chi connectivity index (χ2v) is 4.83. The zero-order valence-electron chi connectivity index (χ0n) is 12.5. The predicted molar refractivity (Wildman–Crippen MR) is 79.1 cm³/mol. The fourth-order valence-corrected chi connectivity index (χ4v) is 2.28. The maximum Gasteiger partial charge on any atom is 0.128 e. The molecule has 1 aromatic carbocycles. The van der Waals surface area contributed by atoms with Crippen LogP contribution in [-0.4, -0.2) is 28.6 Å². The average molecular weight is 293 g/mol. The van der Waals surface area contributed by atoms with Crippen LogP contribution >= 0.6 is 0 Å². The highest BCUT2D eigenvalue weighted by Crippen LogP contribution is 2.21. The minimum absolute atomic E-state index is 0.0515. The molecule has 0 amide bonds. The molecule has 0 saturated heterocycles. The minimum atomic E-state index is -0.346. The molecule has 0 aliphatic carbocycles. The molecule has 0 saturated carbocycles. The number of hydrogen-bond acceptors (Lipinski definition) is 4. The van der Waals surface area contributed by atoms with Gasteiger partial charge < -0.3 is 15.2 Å². The normalized spacial score (nSPS) is 10.7. The summed E-state index contributed by atoms with van der Waals surface area (Å²) >= 11 is 0. The smallest absolute Gasteiger partial charge is 0.128 e. The summed E-state index contributed by atoms with van der Waals surface area (Å²) in [5.74, 6) is 0.128. The second kappa shape index (κ2) is 6.58. The van der Waals surface area contributed by atoms with Crippen LogP contribution in [0.25, 0.3) is 0 Å². The van der Waals surface area contributed by atoms with Crippen molar-refractivity contribution < 1.29 is 14.2 Å². The highest BCUT2D eigenvalue weighted by molar-refractivity contribution is 5.49. The topological polar surface area (TPSA) is 59.3 Å². The van der Waals surface area contributed by atoms with Crippen LogP contribution in [0.4, 0.5) is 10.1 Å². The highest BCUT2D eigenvalue weighted by Gasteiger charge is 2.11. The number of nitrogens with zero attached hydrogens (tertiary/aromatic N) is 2.